The van der Waals surface area contributed by atoms with Crippen molar-refractivity contribution in [3.8, 4) is 11.1 Å². The maximum Gasteiger partial charge on any atom is 0.0793 e. The van der Waals surface area contributed by atoms with Gasteiger partial charge in [-0.25, -0.2) is 0 Å². The largest absolute Gasteiger partial charge is 0.374 e. The molecule has 85 heavy (non-hydrogen) atoms. The fourth-order valence-corrected chi connectivity index (χ4v) is 16.2. The SMILES string of the molecule is C=CC1=CCC(OCC(C)CCCCC2(C3C=CCCC3)C3=CC(N(c4ccc(C5=CCC(C(C)(C)C)CC5)cc4)c4ccc(-c5ccc6c(c5)c5cc(C7=CC=C(C=C)CC7)ccc5n6C5=CC=CCC5)cc4)CC=C3C3C=CC=CC32)C=C1. The van der Waals surface area contributed by atoms with Gasteiger partial charge in [0.2, 0.25) is 0 Å². The molecule has 3 nitrogen and oxygen atoms in total. The molecule has 8 aliphatic rings. The second-order valence-corrected chi connectivity index (χ2v) is 27.2. The standard InChI is InChI=1S/C82H90N2O/c1-7-58-26-30-62(31-27-58)64-38-50-79-75(53-64)76-54-65(39-51-80(76)84(79)68-22-13-10-14-23-68)63-36-44-70(45-37-63)83(69-42-34-61(35-43-69)60-32-40-66(41-33-60)81(4,5)6)71-46-49-74-73-24-15-16-25-77(73)82(78(74)55-71,67-20-11-9-12-21-67)52-18-17-19-57(3)56-85-72-47-28-59(8-2)29-48-72/h7-8,10-11,13,15-16,20,22,24-26,28-30,32,34-39,42-45,47,49-51,53-55,57,66-67,71-73,77H,1-2,9,12,14,17-19,21,23,27,31,33,40-41,46,48,52,56H2,3-6H3. The summed E-state index contributed by atoms with van der Waals surface area (Å²) in [7, 11) is 0. The highest BCUT2D eigenvalue weighted by atomic mass is 16.5. The summed E-state index contributed by atoms with van der Waals surface area (Å²) < 4.78 is 8.99. The summed E-state index contributed by atoms with van der Waals surface area (Å²) in [5.41, 5.74) is 20.6. The molecule has 3 heteroatoms. The van der Waals surface area contributed by atoms with Crippen LogP contribution in [0.25, 0.3) is 49.8 Å². The van der Waals surface area contributed by atoms with Gasteiger partial charge in [0, 0.05) is 45.8 Å². The molecule has 4 aromatic carbocycles. The van der Waals surface area contributed by atoms with Crippen LogP contribution < -0.4 is 4.90 Å². The lowest BCUT2D eigenvalue weighted by Crippen LogP contribution is -2.38. The van der Waals surface area contributed by atoms with Crippen LogP contribution in [0.15, 0.2) is 236 Å². The Morgan fingerprint density at radius 1 is 0.682 bits per heavy atom. The van der Waals surface area contributed by atoms with Gasteiger partial charge in [-0.3, -0.25) is 0 Å². The van der Waals surface area contributed by atoms with Crippen LogP contribution in [0.2, 0.25) is 0 Å². The predicted octanol–water partition coefficient (Wildman–Crippen LogP) is 22.3. The Morgan fingerprint density at radius 3 is 2.12 bits per heavy atom. The monoisotopic (exact) mass is 1120 g/mol. The molecular formula is C82H90N2O. The Labute approximate surface area is 509 Å². The molecule has 0 spiro atoms. The Balaban J connectivity index is 0.850. The first-order valence-electron chi connectivity index (χ1n) is 32.8. The fraction of sp³-hybridized carbons (Fsp3) is 0.366. The topological polar surface area (TPSA) is 17.4 Å². The van der Waals surface area contributed by atoms with Gasteiger partial charge in [-0.1, -0.05) is 199 Å². The van der Waals surface area contributed by atoms with Gasteiger partial charge in [0.1, 0.15) is 0 Å². The smallest absolute Gasteiger partial charge is 0.0793 e. The molecule has 8 atom stereocenters. The Kier molecular flexibility index (Phi) is 16.5. The van der Waals surface area contributed by atoms with Crippen molar-refractivity contribution in [2.24, 2.45) is 40.4 Å². The molecule has 0 N–H and O–H groups in total. The van der Waals surface area contributed by atoms with E-state index in [1.54, 1.807) is 11.1 Å². The van der Waals surface area contributed by atoms with Crippen molar-refractivity contribution >= 4 is 50.0 Å². The number of hydrogen-bond acceptors (Lipinski definition) is 2. The van der Waals surface area contributed by atoms with E-state index in [1.807, 2.05) is 12.2 Å². The van der Waals surface area contributed by atoms with Crippen LogP contribution in [0, 0.1) is 40.4 Å². The number of rotatable bonds is 18. The van der Waals surface area contributed by atoms with Crippen molar-refractivity contribution in [3.05, 3.63) is 247 Å². The molecule has 1 fully saturated rings. The van der Waals surface area contributed by atoms with Crippen molar-refractivity contribution in [3.63, 3.8) is 0 Å². The van der Waals surface area contributed by atoms with Gasteiger partial charge in [-0.05, 0) is 229 Å². The molecule has 0 radical (unpaired) electrons. The van der Waals surface area contributed by atoms with E-state index < -0.39 is 0 Å². The predicted molar refractivity (Wildman–Crippen MR) is 365 cm³/mol. The average Bonchev–Trinajstić information content (AvgIpc) is 1.67. The van der Waals surface area contributed by atoms with Crippen LogP contribution in [0.4, 0.5) is 11.4 Å². The summed E-state index contributed by atoms with van der Waals surface area (Å²) in [5.74, 6) is 2.60. The van der Waals surface area contributed by atoms with Crippen LogP contribution in [-0.4, -0.2) is 23.3 Å². The number of unbranched alkanes of at least 4 members (excludes halogenated alkanes) is 1. The molecule has 8 aliphatic carbocycles. The highest BCUT2D eigenvalue weighted by Gasteiger charge is 2.56. The van der Waals surface area contributed by atoms with Gasteiger partial charge in [0.25, 0.3) is 0 Å². The lowest BCUT2D eigenvalue weighted by Gasteiger charge is -2.45. The summed E-state index contributed by atoms with van der Waals surface area (Å²) in [6, 6.07) is 33.9. The zero-order valence-electron chi connectivity index (χ0n) is 51.3. The first-order chi connectivity index (χ1) is 41.6. The highest BCUT2D eigenvalue weighted by molar-refractivity contribution is 6.12. The van der Waals surface area contributed by atoms with Crippen molar-refractivity contribution in [1.82, 2.24) is 4.57 Å². The minimum absolute atomic E-state index is 0.0269. The third kappa shape index (κ3) is 11.4. The van der Waals surface area contributed by atoms with E-state index in [9.17, 15) is 0 Å². The molecule has 1 saturated carbocycles. The minimum Gasteiger partial charge on any atom is -0.374 e. The van der Waals surface area contributed by atoms with Crippen LogP contribution in [0.1, 0.15) is 142 Å². The summed E-state index contributed by atoms with van der Waals surface area (Å²) in [5, 5.41) is 2.62. The summed E-state index contributed by atoms with van der Waals surface area (Å²) in [6.45, 7) is 18.4. The number of ether oxygens (including phenoxy) is 1. The molecule has 1 aromatic heterocycles. The van der Waals surface area contributed by atoms with E-state index in [-0.39, 0.29) is 17.6 Å². The van der Waals surface area contributed by atoms with E-state index in [1.165, 1.54) is 135 Å². The fourth-order valence-electron chi connectivity index (χ4n) is 16.2. The molecule has 0 amide bonds. The minimum atomic E-state index is 0.0269. The van der Waals surface area contributed by atoms with E-state index in [4.69, 9.17) is 4.74 Å². The number of aromatic nitrogens is 1. The van der Waals surface area contributed by atoms with Crippen molar-refractivity contribution in [2.75, 3.05) is 11.5 Å². The zero-order chi connectivity index (χ0) is 58.1. The number of allylic oxidation sites excluding steroid dienone is 22. The number of benzene rings is 4. The third-order valence-corrected chi connectivity index (χ3v) is 21.0. The Morgan fingerprint density at radius 2 is 1.45 bits per heavy atom. The van der Waals surface area contributed by atoms with Gasteiger partial charge >= 0.3 is 0 Å². The molecule has 0 saturated heterocycles. The van der Waals surface area contributed by atoms with E-state index >= 15 is 0 Å². The van der Waals surface area contributed by atoms with Crippen LogP contribution in [0.3, 0.4) is 0 Å². The number of anilines is 2. The number of nitrogens with zero attached hydrogens (tertiary/aromatic N) is 2. The highest BCUT2D eigenvalue weighted by Crippen LogP contribution is 2.65. The lowest BCUT2D eigenvalue weighted by atomic mass is 9.59. The Bertz CT molecular complexity index is 3740. The van der Waals surface area contributed by atoms with Gasteiger partial charge in [-0.2, -0.15) is 0 Å². The third-order valence-electron chi connectivity index (χ3n) is 21.0. The second-order valence-electron chi connectivity index (χ2n) is 27.2. The van der Waals surface area contributed by atoms with Crippen molar-refractivity contribution in [1.29, 1.82) is 0 Å². The molecule has 5 aromatic rings. The lowest BCUT2D eigenvalue weighted by molar-refractivity contribution is 0.0588. The quantitative estimate of drug-likeness (QED) is 0.0643. The van der Waals surface area contributed by atoms with Crippen LogP contribution in [-0.2, 0) is 4.74 Å². The summed E-state index contributed by atoms with van der Waals surface area (Å²) in [4.78, 5) is 2.70. The normalized spacial score (nSPS) is 25.7. The van der Waals surface area contributed by atoms with Crippen molar-refractivity contribution in [2.45, 2.75) is 143 Å². The maximum absolute atomic E-state index is 6.46. The van der Waals surface area contributed by atoms with E-state index in [0.717, 1.165) is 63.9 Å². The van der Waals surface area contributed by atoms with Crippen molar-refractivity contribution < 1.29 is 4.74 Å². The van der Waals surface area contributed by atoms with Crippen LogP contribution >= 0.6 is 0 Å². The molecule has 434 valence electrons. The Hall–Kier alpha value is -7.20. The second kappa shape index (κ2) is 24.6. The molecule has 1 heterocycles. The molecular weight excluding hydrogens is 1030 g/mol. The average molecular weight is 1120 g/mol. The molecule has 0 bridgehead atoms. The van der Waals surface area contributed by atoms with Gasteiger partial charge in [-0.15, -0.1) is 0 Å². The first kappa shape index (κ1) is 56.9. The zero-order valence-corrected chi connectivity index (χ0v) is 51.3. The van der Waals surface area contributed by atoms with Gasteiger partial charge in [0.15, 0.2) is 0 Å². The summed E-state index contributed by atoms with van der Waals surface area (Å²) >= 11 is 0. The first-order valence-corrected chi connectivity index (χ1v) is 32.8. The molecule has 8 unspecified atom stereocenters. The maximum atomic E-state index is 6.46. The number of fused-ring (bicyclic) bond motifs is 6. The molecule has 13 rings (SSSR count). The summed E-state index contributed by atoms with van der Waals surface area (Å²) in [6.07, 6.45) is 63.3. The van der Waals surface area contributed by atoms with E-state index in [2.05, 4.69) is 239 Å². The van der Waals surface area contributed by atoms with Crippen LogP contribution in [0.5, 0.6) is 0 Å². The van der Waals surface area contributed by atoms with E-state index in [0.29, 0.717) is 29.1 Å². The number of hydrogen-bond donors (Lipinski definition) is 0. The molecule has 0 aliphatic heterocycles. The van der Waals surface area contributed by atoms with Gasteiger partial charge in [0.05, 0.1) is 23.2 Å². The van der Waals surface area contributed by atoms with Gasteiger partial charge < -0.3 is 14.2 Å².